The van der Waals surface area contributed by atoms with Gasteiger partial charge in [-0.15, -0.1) is 0 Å². The van der Waals surface area contributed by atoms with Gasteiger partial charge in [-0.25, -0.2) is 4.98 Å². The summed E-state index contributed by atoms with van der Waals surface area (Å²) >= 11 is 0. The predicted molar refractivity (Wildman–Crippen MR) is 39.5 cm³/mol. The zero-order chi connectivity index (χ0) is 8.32. The molecule has 1 heterocycles. The molecule has 0 atom stereocenters. The maximum absolute atomic E-state index is 8.68. The van der Waals surface area contributed by atoms with Crippen molar-refractivity contribution in [2.24, 2.45) is 5.41 Å². The molecule has 1 aromatic rings. The van der Waals surface area contributed by atoms with Crippen molar-refractivity contribution in [1.82, 2.24) is 15.2 Å². The van der Waals surface area contributed by atoms with Crippen LogP contribution in [0, 0.1) is 16.7 Å². The monoisotopic (exact) mass is 150 g/mol. The minimum Gasteiger partial charge on any atom is -0.263 e. The van der Waals surface area contributed by atoms with E-state index in [9.17, 15) is 0 Å². The molecule has 0 bridgehead atoms. The van der Waals surface area contributed by atoms with Crippen LogP contribution in [0.4, 0.5) is 0 Å². The third-order valence-electron chi connectivity index (χ3n) is 1.38. The fourth-order valence-electron chi connectivity index (χ4n) is 0.774. The number of rotatable bonds is 2. The topological polar surface area (TPSA) is 65.4 Å². The third kappa shape index (κ3) is 2.04. The molecule has 0 aliphatic rings. The van der Waals surface area contributed by atoms with Crippen LogP contribution in [0.1, 0.15) is 19.7 Å². The van der Waals surface area contributed by atoms with E-state index in [-0.39, 0.29) is 5.41 Å². The second kappa shape index (κ2) is 2.70. The Morgan fingerprint density at radius 2 is 2.45 bits per heavy atom. The van der Waals surface area contributed by atoms with Gasteiger partial charge in [-0.2, -0.15) is 10.4 Å². The van der Waals surface area contributed by atoms with Crippen molar-refractivity contribution in [2.45, 2.75) is 20.3 Å². The SMILES string of the molecule is CC(C)(C#N)Cc1ncn[nH]1. The van der Waals surface area contributed by atoms with Crippen LogP contribution in [0.2, 0.25) is 0 Å². The van der Waals surface area contributed by atoms with Gasteiger partial charge in [0, 0.05) is 6.42 Å². The molecular formula is C7H10N4. The number of nitrogens with one attached hydrogen (secondary N) is 1. The highest BCUT2D eigenvalue weighted by Crippen LogP contribution is 2.17. The fourth-order valence-corrected chi connectivity index (χ4v) is 0.774. The van der Waals surface area contributed by atoms with E-state index in [1.165, 1.54) is 6.33 Å². The highest BCUT2D eigenvalue weighted by Gasteiger charge is 2.18. The van der Waals surface area contributed by atoms with E-state index in [0.717, 1.165) is 5.82 Å². The first kappa shape index (κ1) is 7.73. The van der Waals surface area contributed by atoms with Crippen LogP contribution in [0.5, 0.6) is 0 Å². The minimum absolute atomic E-state index is 0.362. The van der Waals surface area contributed by atoms with Gasteiger partial charge in [-0.3, -0.25) is 5.10 Å². The molecule has 1 N–H and O–H groups in total. The molecule has 0 aliphatic carbocycles. The van der Waals surface area contributed by atoms with E-state index >= 15 is 0 Å². The Labute approximate surface area is 65.3 Å². The third-order valence-corrected chi connectivity index (χ3v) is 1.38. The molecule has 0 saturated carbocycles. The van der Waals surface area contributed by atoms with E-state index in [1.54, 1.807) is 0 Å². The van der Waals surface area contributed by atoms with E-state index < -0.39 is 0 Å². The lowest BCUT2D eigenvalue weighted by molar-refractivity contribution is 0.480. The Kier molecular flexibility index (Phi) is 1.90. The van der Waals surface area contributed by atoms with Gasteiger partial charge in [0.15, 0.2) is 0 Å². The Balaban J connectivity index is 2.65. The van der Waals surface area contributed by atoms with Crippen LogP contribution in [0.25, 0.3) is 0 Å². The number of aromatic amines is 1. The van der Waals surface area contributed by atoms with Crippen LogP contribution in [0.15, 0.2) is 6.33 Å². The molecule has 11 heavy (non-hydrogen) atoms. The van der Waals surface area contributed by atoms with Gasteiger partial charge in [0.2, 0.25) is 0 Å². The lowest BCUT2D eigenvalue weighted by Crippen LogP contribution is -2.12. The minimum atomic E-state index is -0.362. The Morgan fingerprint density at radius 1 is 1.73 bits per heavy atom. The maximum atomic E-state index is 8.68. The molecular weight excluding hydrogens is 140 g/mol. The first-order chi connectivity index (χ1) is 5.14. The predicted octanol–water partition coefficient (Wildman–Crippen LogP) is 0.897. The molecule has 1 rings (SSSR count). The largest absolute Gasteiger partial charge is 0.263 e. The van der Waals surface area contributed by atoms with Gasteiger partial charge in [0.1, 0.15) is 12.2 Å². The van der Waals surface area contributed by atoms with Crippen molar-refractivity contribution in [3.05, 3.63) is 12.2 Å². The van der Waals surface area contributed by atoms with Gasteiger partial charge >= 0.3 is 0 Å². The Hall–Kier alpha value is -1.37. The molecule has 58 valence electrons. The summed E-state index contributed by atoms with van der Waals surface area (Å²) in [4.78, 5) is 3.93. The zero-order valence-corrected chi connectivity index (χ0v) is 6.63. The summed E-state index contributed by atoms with van der Waals surface area (Å²) in [5.74, 6) is 0.761. The molecule has 0 aromatic carbocycles. The molecule has 4 nitrogen and oxygen atoms in total. The zero-order valence-electron chi connectivity index (χ0n) is 6.63. The number of hydrogen-bond donors (Lipinski definition) is 1. The molecule has 0 unspecified atom stereocenters. The second-order valence-electron chi connectivity index (χ2n) is 3.10. The smallest absolute Gasteiger partial charge is 0.137 e. The summed E-state index contributed by atoms with van der Waals surface area (Å²) in [5.41, 5.74) is -0.362. The first-order valence-electron chi connectivity index (χ1n) is 3.39. The highest BCUT2D eigenvalue weighted by atomic mass is 15.2. The Bertz CT molecular complexity index is 254. The van der Waals surface area contributed by atoms with Gasteiger partial charge in [0.05, 0.1) is 11.5 Å². The number of aromatic nitrogens is 3. The number of nitriles is 1. The van der Waals surface area contributed by atoms with Crippen molar-refractivity contribution >= 4 is 0 Å². The van der Waals surface area contributed by atoms with E-state index in [1.807, 2.05) is 13.8 Å². The number of nitrogens with zero attached hydrogens (tertiary/aromatic N) is 3. The van der Waals surface area contributed by atoms with Crippen LogP contribution in [0.3, 0.4) is 0 Å². The van der Waals surface area contributed by atoms with Crippen LogP contribution in [-0.4, -0.2) is 15.2 Å². The van der Waals surface area contributed by atoms with E-state index in [4.69, 9.17) is 5.26 Å². The van der Waals surface area contributed by atoms with Crippen molar-refractivity contribution in [1.29, 1.82) is 5.26 Å². The normalized spacial score (nSPS) is 11.0. The first-order valence-corrected chi connectivity index (χ1v) is 3.39. The van der Waals surface area contributed by atoms with E-state index in [0.29, 0.717) is 6.42 Å². The van der Waals surface area contributed by atoms with Crippen molar-refractivity contribution in [3.63, 3.8) is 0 Å². The van der Waals surface area contributed by atoms with Gasteiger partial charge in [-0.05, 0) is 13.8 Å². The molecule has 0 aliphatic heterocycles. The molecule has 0 fully saturated rings. The van der Waals surface area contributed by atoms with Crippen molar-refractivity contribution < 1.29 is 0 Å². The van der Waals surface area contributed by atoms with Crippen LogP contribution < -0.4 is 0 Å². The number of hydrogen-bond acceptors (Lipinski definition) is 3. The summed E-state index contributed by atoms with van der Waals surface area (Å²) in [6.45, 7) is 3.74. The average molecular weight is 150 g/mol. The van der Waals surface area contributed by atoms with Gasteiger partial charge in [0.25, 0.3) is 0 Å². The summed E-state index contributed by atoms with van der Waals surface area (Å²) < 4.78 is 0. The summed E-state index contributed by atoms with van der Waals surface area (Å²) in [5, 5.41) is 15.1. The van der Waals surface area contributed by atoms with Crippen molar-refractivity contribution in [3.8, 4) is 6.07 Å². The average Bonchev–Trinajstić information content (AvgIpc) is 2.39. The molecule has 0 spiro atoms. The van der Waals surface area contributed by atoms with Crippen molar-refractivity contribution in [2.75, 3.05) is 0 Å². The molecule has 0 saturated heterocycles. The second-order valence-corrected chi connectivity index (χ2v) is 3.10. The molecule has 0 amide bonds. The quantitative estimate of drug-likeness (QED) is 0.681. The summed E-state index contributed by atoms with van der Waals surface area (Å²) in [6, 6.07) is 2.19. The summed E-state index contributed by atoms with van der Waals surface area (Å²) in [6.07, 6.45) is 2.06. The molecule has 1 aromatic heterocycles. The fraction of sp³-hybridized carbons (Fsp3) is 0.571. The molecule has 4 heteroatoms. The maximum Gasteiger partial charge on any atom is 0.137 e. The lowest BCUT2D eigenvalue weighted by Gasteiger charge is -2.11. The summed E-state index contributed by atoms with van der Waals surface area (Å²) in [7, 11) is 0. The Morgan fingerprint density at radius 3 is 2.91 bits per heavy atom. The van der Waals surface area contributed by atoms with Gasteiger partial charge in [-0.1, -0.05) is 0 Å². The number of H-pyrrole nitrogens is 1. The lowest BCUT2D eigenvalue weighted by atomic mass is 9.91. The van der Waals surface area contributed by atoms with Crippen LogP contribution in [-0.2, 0) is 6.42 Å². The van der Waals surface area contributed by atoms with Crippen LogP contribution >= 0.6 is 0 Å². The van der Waals surface area contributed by atoms with Gasteiger partial charge < -0.3 is 0 Å². The van der Waals surface area contributed by atoms with E-state index in [2.05, 4.69) is 21.3 Å². The molecule has 0 radical (unpaired) electrons. The standard InChI is InChI=1S/C7H10N4/c1-7(2,4-8)3-6-9-5-10-11-6/h5H,3H2,1-2H3,(H,9,10,11). The highest BCUT2D eigenvalue weighted by molar-refractivity contribution is 4.99.